The van der Waals surface area contributed by atoms with Crippen LogP contribution in [-0.2, 0) is 0 Å². The van der Waals surface area contributed by atoms with E-state index in [2.05, 4.69) is 15.5 Å². The molecule has 166 valence electrons. The van der Waals surface area contributed by atoms with Crippen LogP contribution in [-0.4, -0.2) is 34.6 Å². The molecular weight excluding hydrogens is 412 g/mol. The molecule has 0 aliphatic carbocycles. The van der Waals surface area contributed by atoms with E-state index in [-0.39, 0.29) is 11.6 Å². The standard InChI is InChI=1S/C23H24N4O5/c1-12-7-13(2)9-14(8-12)27-22(29)20(21(28)24-23(27)30)18-11-17(25-26-18)16-10-15(31-3)5-6-19(16)32-4/h5-10,17,25,29H,11H2,1-4H3,(H,24,28,30)/t17-/m1/s1. The zero-order chi connectivity index (χ0) is 23.0. The summed E-state index contributed by atoms with van der Waals surface area (Å²) in [7, 11) is 3.14. The summed E-state index contributed by atoms with van der Waals surface area (Å²) in [6, 6.07) is 10.6. The van der Waals surface area contributed by atoms with Gasteiger partial charge in [-0.05, 0) is 55.3 Å². The highest BCUT2D eigenvalue weighted by Gasteiger charge is 2.29. The van der Waals surface area contributed by atoms with Gasteiger partial charge in [-0.25, -0.2) is 9.36 Å². The van der Waals surface area contributed by atoms with Crippen LogP contribution in [0, 0.1) is 13.8 Å². The molecule has 0 radical (unpaired) electrons. The van der Waals surface area contributed by atoms with Crippen molar-refractivity contribution in [2.75, 3.05) is 14.2 Å². The Morgan fingerprint density at radius 2 is 1.78 bits per heavy atom. The molecule has 1 atom stereocenters. The average molecular weight is 436 g/mol. The molecule has 32 heavy (non-hydrogen) atoms. The lowest BCUT2D eigenvalue weighted by Crippen LogP contribution is -2.33. The van der Waals surface area contributed by atoms with E-state index in [1.807, 2.05) is 26.0 Å². The van der Waals surface area contributed by atoms with Crippen LogP contribution < -0.4 is 26.1 Å². The van der Waals surface area contributed by atoms with Gasteiger partial charge < -0.3 is 20.0 Å². The predicted molar refractivity (Wildman–Crippen MR) is 120 cm³/mol. The number of aryl methyl sites for hydroxylation is 2. The van der Waals surface area contributed by atoms with Crippen molar-refractivity contribution >= 4 is 5.71 Å². The highest BCUT2D eigenvalue weighted by Crippen LogP contribution is 2.34. The second-order valence-electron chi connectivity index (χ2n) is 7.69. The summed E-state index contributed by atoms with van der Waals surface area (Å²) in [5.41, 5.74) is 4.94. The molecule has 1 aliphatic heterocycles. The number of ether oxygens (including phenoxy) is 2. The Morgan fingerprint density at radius 3 is 2.44 bits per heavy atom. The van der Waals surface area contributed by atoms with Crippen LogP contribution in [0.2, 0.25) is 0 Å². The van der Waals surface area contributed by atoms with Crippen LogP contribution in [0.1, 0.15) is 34.7 Å². The van der Waals surface area contributed by atoms with Crippen molar-refractivity contribution in [2.24, 2.45) is 5.10 Å². The minimum atomic E-state index is -0.723. The largest absolute Gasteiger partial charge is 0.497 e. The van der Waals surface area contributed by atoms with Crippen molar-refractivity contribution in [1.82, 2.24) is 15.0 Å². The molecule has 0 saturated heterocycles. The molecule has 0 spiro atoms. The SMILES string of the molecule is COc1ccc(OC)c([C@H]2CC(c3c(O)n(-c4cc(C)cc(C)c4)c(=O)[nH]c3=O)=NN2)c1. The van der Waals surface area contributed by atoms with Crippen molar-refractivity contribution in [3.05, 3.63) is 79.5 Å². The number of aromatic hydroxyl groups is 1. The molecule has 1 aliphatic rings. The zero-order valence-corrected chi connectivity index (χ0v) is 18.2. The topological polar surface area (TPSA) is 118 Å². The molecule has 2 heterocycles. The third-order valence-corrected chi connectivity index (χ3v) is 5.40. The molecular formula is C23H24N4O5. The lowest BCUT2D eigenvalue weighted by atomic mass is 9.99. The predicted octanol–water partition coefficient (Wildman–Crippen LogP) is 2.30. The molecule has 0 unspecified atom stereocenters. The fraction of sp³-hybridized carbons (Fsp3) is 0.261. The second kappa shape index (κ2) is 8.26. The highest BCUT2D eigenvalue weighted by atomic mass is 16.5. The number of hydrazone groups is 1. The molecule has 2 aromatic carbocycles. The second-order valence-corrected chi connectivity index (χ2v) is 7.69. The molecule has 3 aromatic rings. The fourth-order valence-electron chi connectivity index (χ4n) is 3.99. The van der Waals surface area contributed by atoms with Crippen LogP contribution in [0.25, 0.3) is 5.69 Å². The molecule has 1 aromatic heterocycles. The number of aromatic amines is 1. The number of hydrogen-bond donors (Lipinski definition) is 3. The summed E-state index contributed by atoms with van der Waals surface area (Å²) in [6.07, 6.45) is 0.297. The van der Waals surface area contributed by atoms with Crippen LogP contribution in [0.5, 0.6) is 17.4 Å². The van der Waals surface area contributed by atoms with Crippen LogP contribution >= 0.6 is 0 Å². The molecule has 4 rings (SSSR count). The van der Waals surface area contributed by atoms with Crippen LogP contribution in [0.4, 0.5) is 0 Å². The van der Waals surface area contributed by atoms with E-state index < -0.39 is 17.1 Å². The number of H-pyrrole nitrogens is 1. The smallest absolute Gasteiger partial charge is 0.335 e. The van der Waals surface area contributed by atoms with Crippen molar-refractivity contribution < 1.29 is 14.6 Å². The van der Waals surface area contributed by atoms with Gasteiger partial charge in [0.15, 0.2) is 0 Å². The van der Waals surface area contributed by atoms with E-state index >= 15 is 0 Å². The van der Waals surface area contributed by atoms with E-state index in [4.69, 9.17) is 9.47 Å². The minimum Gasteiger partial charge on any atom is -0.497 e. The van der Waals surface area contributed by atoms with Gasteiger partial charge in [-0.15, -0.1) is 0 Å². The van der Waals surface area contributed by atoms with E-state index in [9.17, 15) is 14.7 Å². The van der Waals surface area contributed by atoms with Gasteiger partial charge >= 0.3 is 5.69 Å². The number of nitrogens with zero attached hydrogens (tertiary/aromatic N) is 2. The summed E-state index contributed by atoms with van der Waals surface area (Å²) in [6.45, 7) is 3.78. The van der Waals surface area contributed by atoms with Crippen LogP contribution in [0.15, 0.2) is 51.1 Å². The first-order valence-corrected chi connectivity index (χ1v) is 10.0. The van der Waals surface area contributed by atoms with Crippen molar-refractivity contribution in [3.63, 3.8) is 0 Å². The number of aromatic nitrogens is 2. The summed E-state index contributed by atoms with van der Waals surface area (Å²) >= 11 is 0. The maximum atomic E-state index is 12.6. The van der Waals surface area contributed by atoms with Gasteiger partial charge in [0.25, 0.3) is 5.56 Å². The van der Waals surface area contributed by atoms with Gasteiger partial charge in [-0.1, -0.05) is 6.07 Å². The summed E-state index contributed by atoms with van der Waals surface area (Å²) in [5.74, 6) is 0.834. The third kappa shape index (κ3) is 3.73. The summed E-state index contributed by atoms with van der Waals surface area (Å²) < 4.78 is 11.8. The number of rotatable bonds is 5. The zero-order valence-electron chi connectivity index (χ0n) is 18.2. The van der Waals surface area contributed by atoms with Crippen molar-refractivity contribution in [1.29, 1.82) is 0 Å². The van der Waals surface area contributed by atoms with Gasteiger partial charge in [-0.2, -0.15) is 5.10 Å². The lowest BCUT2D eigenvalue weighted by molar-refractivity contribution is 0.392. The Morgan fingerprint density at radius 1 is 1.06 bits per heavy atom. The molecule has 3 N–H and O–H groups in total. The summed E-state index contributed by atoms with van der Waals surface area (Å²) in [5, 5.41) is 15.3. The molecule has 0 saturated carbocycles. The maximum Gasteiger partial charge on any atom is 0.335 e. The first-order valence-electron chi connectivity index (χ1n) is 10.0. The normalized spacial score (nSPS) is 15.2. The van der Waals surface area contributed by atoms with E-state index in [0.717, 1.165) is 21.3 Å². The molecule has 9 heteroatoms. The van der Waals surface area contributed by atoms with Crippen molar-refractivity contribution in [2.45, 2.75) is 26.3 Å². The van der Waals surface area contributed by atoms with Gasteiger partial charge in [-0.3, -0.25) is 9.78 Å². The van der Waals surface area contributed by atoms with E-state index in [1.165, 1.54) is 0 Å². The number of benzene rings is 2. The minimum absolute atomic E-state index is 0.0550. The van der Waals surface area contributed by atoms with Crippen LogP contribution in [0.3, 0.4) is 0 Å². The average Bonchev–Trinajstić information content (AvgIpc) is 3.21. The quantitative estimate of drug-likeness (QED) is 0.565. The highest BCUT2D eigenvalue weighted by molar-refractivity contribution is 6.03. The van der Waals surface area contributed by atoms with Crippen molar-refractivity contribution in [3.8, 4) is 23.1 Å². The van der Waals surface area contributed by atoms with E-state index in [1.54, 1.807) is 38.5 Å². The lowest BCUT2D eigenvalue weighted by Gasteiger charge is -2.16. The van der Waals surface area contributed by atoms with Gasteiger partial charge in [0.1, 0.15) is 17.1 Å². The number of nitrogens with one attached hydrogen (secondary N) is 2. The number of hydrogen-bond acceptors (Lipinski definition) is 7. The third-order valence-electron chi connectivity index (χ3n) is 5.40. The molecule has 0 fully saturated rings. The van der Waals surface area contributed by atoms with Gasteiger partial charge in [0.2, 0.25) is 5.88 Å². The monoisotopic (exact) mass is 436 g/mol. The summed E-state index contributed by atoms with van der Waals surface area (Å²) in [4.78, 5) is 27.5. The molecule has 0 bridgehead atoms. The first kappa shape index (κ1) is 21.2. The van der Waals surface area contributed by atoms with E-state index in [0.29, 0.717) is 29.3 Å². The molecule has 9 nitrogen and oxygen atoms in total. The molecule has 0 amide bonds. The van der Waals surface area contributed by atoms with Gasteiger partial charge in [0, 0.05) is 12.0 Å². The Hall–Kier alpha value is -4.01. The Kier molecular flexibility index (Phi) is 5.48. The maximum absolute atomic E-state index is 12.6. The van der Waals surface area contributed by atoms with Gasteiger partial charge in [0.05, 0.1) is 31.7 Å². The fourth-order valence-corrected chi connectivity index (χ4v) is 3.99. The Balaban J connectivity index is 1.76. The number of methoxy groups -OCH3 is 2. The Labute approximate surface area is 184 Å². The first-order chi connectivity index (χ1) is 15.3. The Bertz CT molecular complexity index is 1320.